The Morgan fingerprint density at radius 2 is 0.965 bits per heavy atom. The highest BCUT2D eigenvalue weighted by Gasteiger charge is 2.51. The number of hydrogen-bond donors (Lipinski definition) is 0. The van der Waals surface area contributed by atoms with Gasteiger partial charge in [0.15, 0.2) is 0 Å². The third kappa shape index (κ3) is 4.59. The van der Waals surface area contributed by atoms with Crippen LogP contribution in [0.5, 0.6) is 0 Å². The van der Waals surface area contributed by atoms with E-state index in [1.165, 1.54) is 83.1 Å². The summed E-state index contributed by atoms with van der Waals surface area (Å²) < 4.78 is 2.50. The standard InChI is InChI=1S/C55H38N2/c1-3-15-37(16-4-1)38-27-29-40(30-28-38)56(42-32-34-48-47-22-10-14-26-53(47)57(54(48)36-42)39-17-5-2-6-18-39)41-31-33-46-45-21-9-13-25-51(45)55(52(46)35-41)49-23-11-7-19-43(49)44-20-8-12-24-50(44)55/h1-5,7-17,19-36H,6,18H2. The largest absolute Gasteiger partial charge is 0.313 e. The van der Waals surface area contributed by atoms with Crippen molar-refractivity contribution in [2.45, 2.75) is 18.3 Å². The fraction of sp³-hybridized carbons (Fsp3) is 0.0545. The third-order valence-electron chi connectivity index (χ3n) is 12.7. The van der Waals surface area contributed by atoms with Crippen LogP contribution in [0.2, 0.25) is 0 Å². The van der Waals surface area contributed by atoms with Crippen LogP contribution in [0, 0.1) is 0 Å². The summed E-state index contributed by atoms with van der Waals surface area (Å²) in [5.41, 5.74) is 19.8. The van der Waals surface area contributed by atoms with Crippen molar-refractivity contribution in [2.24, 2.45) is 0 Å². The summed E-state index contributed by atoms with van der Waals surface area (Å²) in [5, 5.41) is 2.55. The van der Waals surface area contributed by atoms with Crippen molar-refractivity contribution in [1.82, 2.24) is 4.57 Å². The van der Waals surface area contributed by atoms with Crippen molar-refractivity contribution in [1.29, 1.82) is 0 Å². The van der Waals surface area contributed by atoms with E-state index in [-0.39, 0.29) is 0 Å². The number of aromatic nitrogens is 1. The molecule has 3 aliphatic rings. The van der Waals surface area contributed by atoms with E-state index in [4.69, 9.17) is 0 Å². The van der Waals surface area contributed by atoms with E-state index in [0.29, 0.717) is 0 Å². The van der Waals surface area contributed by atoms with Crippen molar-refractivity contribution in [3.63, 3.8) is 0 Å². The van der Waals surface area contributed by atoms with Crippen molar-refractivity contribution in [2.75, 3.05) is 4.90 Å². The van der Waals surface area contributed by atoms with E-state index >= 15 is 0 Å². The molecular formula is C55H38N2. The van der Waals surface area contributed by atoms with Gasteiger partial charge in [-0.2, -0.15) is 0 Å². The number of rotatable bonds is 5. The average Bonchev–Trinajstić information content (AvgIpc) is 3.89. The summed E-state index contributed by atoms with van der Waals surface area (Å²) in [4.78, 5) is 2.47. The minimum atomic E-state index is -0.421. The molecule has 12 rings (SSSR count). The second-order valence-corrected chi connectivity index (χ2v) is 15.5. The van der Waals surface area contributed by atoms with Crippen LogP contribution >= 0.6 is 0 Å². The zero-order valence-corrected chi connectivity index (χ0v) is 31.4. The minimum Gasteiger partial charge on any atom is -0.313 e. The van der Waals surface area contributed by atoms with E-state index in [1.807, 2.05) is 0 Å². The lowest BCUT2D eigenvalue weighted by molar-refractivity contribution is 0.793. The Hall–Kier alpha value is -7.16. The van der Waals surface area contributed by atoms with Gasteiger partial charge in [-0.1, -0.05) is 158 Å². The molecule has 2 heteroatoms. The number of benzene rings is 8. The fourth-order valence-electron chi connectivity index (χ4n) is 10.3. The summed E-state index contributed by atoms with van der Waals surface area (Å²) in [5.74, 6) is 0. The van der Waals surface area contributed by atoms with E-state index in [0.717, 1.165) is 29.9 Å². The van der Waals surface area contributed by atoms with Crippen LogP contribution in [0.4, 0.5) is 17.1 Å². The van der Waals surface area contributed by atoms with Crippen molar-refractivity contribution >= 4 is 44.6 Å². The molecule has 1 aromatic heterocycles. The Balaban J connectivity index is 1.12. The molecule has 0 unspecified atom stereocenters. The second kappa shape index (κ2) is 12.4. The van der Waals surface area contributed by atoms with Gasteiger partial charge in [0.1, 0.15) is 0 Å². The summed E-state index contributed by atoms with van der Waals surface area (Å²) in [6, 6.07) is 70.1. The highest BCUT2D eigenvalue weighted by molar-refractivity contribution is 6.11. The molecule has 0 bridgehead atoms. The van der Waals surface area contributed by atoms with Gasteiger partial charge in [-0.05, 0) is 117 Å². The lowest BCUT2D eigenvalue weighted by Gasteiger charge is -2.32. The molecule has 1 heterocycles. The maximum absolute atomic E-state index is 2.50. The second-order valence-electron chi connectivity index (χ2n) is 15.5. The molecular weight excluding hydrogens is 689 g/mol. The molecule has 0 saturated carbocycles. The quantitative estimate of drug-likeness (QED) is 0.171. The molecule has 8 aromatic carbocycles. The van der Waals surface area contributed by atoms with Crippen LogP contribution in [0.3, 0.4) is 0 Å². The topological polar surface area (TPSA) is 8.17 Å². The van der Waals surface area contributed by atoms with Gasteiger partial charge >= 0.3 is 0 Å². The molecule has 0 amide bonds. The van der Waals surface area contributed by atoms with Crippen LogP contribution < -0.4 is 4.90 Å². The Bertz CT molecular complexity index is 3060. The number of fused-ring (bicyclic) bond motifs is 13. The van der Waals surface area contributed by atoms with E-state index < -0.39 is 5.41 Å². The summed E-state index contributed by atoms with van der Waals surface area (Å²) >= 11 is 0. The van der Waals surface area contributed by atoms with E-state index in [1.54, 1.807) is 0 Å². The van der Waals surface area contributed by atoms with Gasteiger partial charge in [0.2, 0.25) is 0 Å². The molecule has 57 heavy (non-hydrogen) atoms. The average molecular weight is 727 g/mol. The molecule has 268 valence electrons. The molecule has 2 nitrogen and oxygen atoms in total. The molecule has 0 N–H and O–H groups in total. The van der Waals surface area contributed by atoms with Gasteiger partial charge in [-0.25, -0.2) is 0 Å². The van der Waals surface area contributed by atoms with Gasteiger partial charge in [0.25, 0.3) is 0 Å². The number of para-hydroxylation sites is 1. The van der Waals surface area contributed by atoms with Crippen molar-refractivity contribution in [3.8, 4) is 33.4 Å². The molecule has 0 saturated heterocycles. The molecule has 1 spiro atoms. The highest BCUT2D eigenvalue weighted by Crippen LogP contribution is 2.63. The Kier molecular flexibility index (Phi) is 7.00. The first kappa shape index (κ1) is 32.1. The Labute approximate surface area is 332 Å². The predicted octanol–water partition coefficient (Wildman–Crippen LogP) is 14.5. The van der Waals surface area contributed by atoms with Gasteiger partial charge in [0.05, 0.1) is 16.4 Å². The predicted molar refractivity (Wildman–Crippen MR) is 239 cm³/mol. The number of nitrogens with zero attached hydrogens (tertiary/aromatic N) is 2. The van der Waals surface area contributed by atoms with Gasteiger partial charge < -0.3 is 9.47 Å². The highest BCUT2D eigenvalue weighted by atomic mass is 15.1. The monoisotopic (exact) mass is 726 g/mol. The van der Waals surface area contributed by atoms with Crippen LogP contribution in [0.15, 0.2) is 206 Å². The Morgan fingerprint density at radius 3 is 1.65 bits per heavy atom. The first-order valence-corrected chi connectivity index (χ1v) is 20.1. The van der Waals surface area contributed by atoms with Gasteiger partial charge in [-0.3, -0.25) is 0 Å². The molecule has 0 fully saturated rings. The van der Waals surface area contributed by atoms with Crippen LogP contribution in [0.25, 0.3) is 60.9 Å². The molecule has 0 aliphatic heterocycles. The van der Waals surface area contributed by atoms with Crippen LogP contribution in [0.1, 0.15) is 35.1 Å². The van der Waals surface area contributed by atoms with Gasteiger partial charge in [-0.15, -0.1) is 0 Å². The molecule has 9 aromatic rings. The van der Waals surface area contributed by atoms with Crippen LogP contribution in [-0.2, 0) is 5.41 Å². The molecule has 3 aliphatic carbocycles. The Morgan fingerprint density at radius 1 is 0.421 bits per heavy atom. The first-order chi connectivity index (χ1) is 28.3. The van der Waals surface area contributed by atoms with Crippen LogP contribution in [-0.4, -0.2) is 4.57 Å². The van der Waals surface area contributed by atoms with E-state index in [9.17, 15) is 0 Å². The van der Waals surface area contributed by atoms with Crippen molar-refractivity contribution in [3.05, 3.63) is 229 Å². The fourth-order valence-corrected chi connectivity index (χ4v) is 10.3. The van der Waals surface area contributed by atoms with Gasteiger partial charge in [0, 0.05) is 33.5 Å². The number of anilines is 3. The lowest BCUT2D eigenvalue weighted by atomic mass is 9.70. The summed E-state index contributed by atoms with van der Waals surface area (Å²) in [6.45, 7) is 0. The van der Waals surface area contributed by atoms with Crippen molar-refractivity contribution < 1.29 is 0 Å². The lowest BCUT2D eigenvalue weighted by Crippen LogP contribution is -2.26. The SMILES string of the molecule is C1=CCCC(n2c3ccccc3c3ccc(N(c4ccc(-c5ccccc5)cc4)c4ccc5c(c4)C4(c6ccccc6-c6ccccc64)c4ccccc4-5)cc32)=C1. The molecule has 0 atom stereocenters. The van der Waals surface area contributed by atoms with E-state index in [2.05, 4.69) is 216 Å². The maximum atomic E-state index is 2.50. The molecule has 0 radical (unpaired) electrons. The number of hydrogen-bond acceptors (Lipinski definition) is 1. The normalized spacial score (nSPS) is 14.4. The zero-order valence-electron chi connectivity index (χ0n) is 31.4. The maximum Gasteiger partial charge on any atom is 0.0726 e. The number of allylic oxidation sites excluding steroid dienone is 4. The smallest absolute Gasteiger partial charge is 0.0726 e. The summed E-state index contributed by atoms with van der Waals surface area (Å²) in [7, 11) is 0. The first-order valence-electron chi connectivity index (χ1n) is 20.1. The minimum absolute atomic E-state index is 0.421. The summed E-state index contributed by atoms with van der Waals surface area (Å²) in [6.07, 6.45) is 8.82. The zero-order chi connectivity index (χ0) is 37.5. The third-order valence-corrected chi connectivity index (χ3v) is 12.7.